The van der Waals surface area contributed by atoms with Crippen molar-refractivity contribution in [2.75, 3.05) is 0 Å². The van der Waals surface area contributed by atoms with Crippen molar-refractivity contribution in [3.8, 4) is 0 Å². The molecule has 0 N–H and O–H groups in total. The van der Waals surface area contributed by atoms with Gasteiger partial charge in [0.2, 0.25) is 0 Å². The molecule has 3 unspecified atom stereocenters. The van der Waals surface area contributed by atoms with Gasteiger partial charge in [0.25, 0.3) is 0 Å². The Kier molecular flexibility index (Phi) is 8.89. The summed E-state index contributed by atoms with van der Waals surface area (Å²) in [6, 6.07) is 45.7. The van der Waals surface area contributed by atoms with E-state index in [9.17, 15) is 0 Å². The van der Waals surface area contributed by atoms with Gasteiger partial charge in [0, 0.05) is 17.8 Å². The fourth-order valence-electron chi connectivity index (χ4n) is 5.93. The van der Waals surface area contributed by atoms with E-state index in [1.54, 1.807) is 0 Å². The summed E-state index contributed by atoms with van der Waals surface area (Å²) in [5, 5.41) is 0. The molecule has 0 aliphatic rings. The first kappa shape index (κ1) is 28.6. The van der Waals surface area contributed by atoms with Gasteiger partial charge < -0.3 is 0 Å². The van der Waals surface area contributed by atoms with Crippen LogP contribution in [0.5, 0.6) is 0 Å². The van der Waals surface area contributed by atoms with Gasteiger partial charge in [-0.05, 0) is 76.3 Å². The molecule has 0 spiro atoms. The van der Waals surface area contributed by atoms with Crippen LogP contribution in [0.2, 0.25) is 0 Å². The van der Waals surface area contributed by atoms with Gasteiger partial charge in [-0.3, -0.25) is 0 Å². The highest BCUT2D eigenvalue weighted by molar-refractivity contribution is 5.42. The summed E-state index contributed by atoms with van der Waals surface area (Å²) in [6.45, 7) is 13.5. The molecule has 0 aromatic heterocycles. The maximum Gasteiger partial charge on any atom is 0.0130 e. The van der Waals surface area contributed by atoms with E-state index in [0.29, 0.717) is 23.7 Å². The molecule has 0 saturated heterocycles. The molecule has 0 aliphatic heterocycles. The Morgan fingerprint density at radius 1 is 0.415 bits per heavy atom. The molecule has 5 aromatic rings. The van der Waals surface area contributed by atoms with Gasteiger partial charge in [-0.25, -0.2) is 0 Å². The number of hydrogen-bond acceptors (Lipinski definition) is 0. The van der Waals surface area contributed by atoms with Crippen molar-refractivity contribution in [2.24, 2.45) is 0 Å². The largest absolute Gasteiger partial charge is 0.0620 e. The number of hydrogen-bond donors (Lipinski definition) is 0. The lowest BCUT2D eigenvalue weighted by Crippen LogP contribution is -2.07. The van der Waals surface area contributed by atoms with Crippen LogP contribution in [0.4, 0.5) is 0 Å². The van der Waals surface area contributed by atoms with Crippen molar-refractivity contribution < 1.29 is 0 Å². The van der Waals surface area contributed by atoms with Crippen molar-refractivity contribution >= 4 is 0 Å². The van der Waals surface area contributed by atoms with Gasteiger partial charge in [-0.15, -0.1) is 0 Å². The van der Waals surface area contributed by atoms with Crippen molar-refractivity contribution in [1.29, 1.82) is 0 Å². The number of aryl methyl sites for hydroxylation is 2. The maximum absolute atomic E-state index is 2.35. The van der Waals surface area contributed by atoms with Gasteiger partial charge in [-0.2, -0.15) is 0 Å². The molecule has 0 saturated carbocycles. The van der Waals surface area contributed by atoms with Gasteiger partial charge in [-0.1, -0.05) is 155 Å². The summed E-state index contributed by atoms with van der Waals surface area (Å²) in [4.78, 5) is 0. The first-order chi connectivity index (χ1) is 19.8. The van der Waals surface area contributed by atoms with E-state index < -0.39 is 0 Å². The Balaban J connectivity index is 1.34. The average Bonchev–Trinajstić information content (AvgIpc) is 3.01. The van der Waals surface area contributed by atoms with E-state index in [1.165, 1.54) is 55.6 Å². The minimum Gasteiger partial charge on any atom is -0.0620 e. The Labute approximate surface area is 248 Å². The summed E-state index contributed by atoms with van der Waals surface area (Å²) in [7, 11) is 0. The third-order valence-corrected chi connectivity index (χ3v) is 9.04. The lowest BCUT2D eigenvalue weighted by molar-refractivity contribution is 0.797. The highest BCUT2D eigenvalue weighted by atomic mass is 14.2. The highest BCUT2D eigenvalue weighted by Crippen LogP contribution is 2.33. The quantitative estimate of drug-likeness (QED) is 0.176. The van der Waals surface area contributed by atoms with Crippen LogP contribution in [0, 0.1) is 13.8 Å². The summed E-state index contributed by atoms with van der Waals surface area (Å²) in [5.41, 5.74) is 13.7. The zero-order chi connectivity index (χ0) is 28.9. The van der Waals surface area contributed by atoms with E-state index in [2.05, 4.69) is 163 Å². The standard InChI is InChI=1S/C41H44/c1-28(2)33-15-17-34(18-16-33)31(5)35-19-21-36(22-20-35)32(6)37-23-25-39(26-24-37)41(38-13-11-29(3)12-14-38)27-40-10-8-7-9-30(40)4/h7-26,28,31-32,41H,27H2,1-6H3. The number of benzene rings is 5. The summed E-state index contributed by atoms with van der Waals surface area (Å²) < 4.78 is 0. The van der Waals surface area contributed by atoms with Crippen molar-refractivity contribution in [1.82, 2.24) is 0 Å². The summed E-state index contributed by atoms with van der Waals surface area (Å²) >= 11 is 0. The normalized spacial score (nSPS) is 13.6. The van der Waals surface area contributed by atoms with E-state index in [-0.39, 0.29) is 0 Å². The molecule has 5 aromatic carbocycles. The van der Waals surface area contributed by atoms with Crippen LogP contribution in [0.15, 0.2) is 121 Å². The molecule has 0 heterocycles. The van der Waals surface area contributed by atoms with Crippen molar-refractivity contribution in [3.63, 3.8) is 0 Å². The van der Waals surface area contributed by atoms with Crippen LogP contribution in [0.25, 0.3) is 0 Å². The molecular weight excluding hydrogens is 492 g/mol. The molecular formula is C41H44. The van der Waals surface area contributed by atoms with E-state index >= 15 is 0 Å². The fourth-order valence-corrected chi connectivity index (χ4v) is 5.93. The Morgan fingerprint density at radius 3 is 1.20 bits per heavy atom. The fraction of sp³-hybridized carbons (Fsp3) is 0.268. The topological polar surface area (TPSA) is 0 Å². The molecule has 0 aliphatic carbocycles. The lowest BCUT2D eigenvalue weighted by atomic mass is 9.83. The zero-order valence-corrected chi connectivity index (χ0v) is 25.6. The van der Waals surface area contributed by atoms with Crippen LogP contribution in [0.3, 0.4) is 0 Å². The minimum atomic E-state index is 0.330. The highest BCUT2D eigenvalue weighted by Gasteiger charge is 2.18. The van der Waals surface area contributed by atoms with Gasteiger partial charge >= 0.3 is 0 Å². The Morgan fingerprint density at radius 2 is 0.780 bits per heavy atom. The Hall–Kier alpha value is -3.90. The van der Waals surface area contributed by atoms with E-state index in [0.717, 1.165) is 6.42 Å². The molecule has 0 radical (unpaired) electrons. The second kappa shape index (κ2) is 12.7. The third kappa shape index (κ3) is 6.71. The van der Waals surface area contributed by atoms with E-state index in [4.69, 9.17) is 0 Å². The summed E-state index contributed by atoms with van der Waals surface area (Å²) in [6.07, 6.45) is 1.00. The molecule has 5 rings (SSSR count). The molecule has 0 nitrogen and oxygen atoms in total. The van der Waals surface area contributed by atoms with Gasteiger partial charge in [0.1, 0.15) is 0 Å². The molecule has 0 amide bonds. The maximum atomic E-state index is 2.35. The molecule has 0 bridgehead atoms. The van der Waals surface area contributed by atoms with Crippen LogP contribution in [-0.2, 0) is 6.42 Å². The first-order valence-corrected chi connectivity index (χ1v) is 15.2. The molecule has 0 heteroatoms. The summed E-state index contributed by atoms with van der Waals surface area (Å²) in [5.74, 6) is 1.62. The molecule has 3 atom stereocenters. The van der Waals surface area contributed by atoms with Crippen LogP contribution in [0.1, 0.15) is 107 Å². The van der Waals surface area contributed by atoms with Crippen molar-refractivity contribution in [2.45, 2.75) is 71.6 Å². The molecule has 208 valence electrons. The zero-order valence-electron chi connectivity index (χ0n) is 25.6. The Bertz CT molecular complexity index is 1540. The second-order valence-corrected chi connectivity index (χ2v) is 12.2. The van der Waals surface area contributed by atoms with Gasteiger partial charge in [0.15, 0.2) is 0 Å². The smallest absolute Gasteiger partial charge is 0.0130 e. The monoisotopic (exact) mass is 536 g/mol. The SMILES string of the molecule is Cc1ccc(C(Cc2ccccc2C)c2ccc(C(C)c3ccc(C(C)c4ccc(C(C)C)cc4)cc3)cc2)cc1. The van der Waals surface area contributed by atoms with Gasteiger partial charge in [0.05, 0.1) is 0 Å². The molecule has 0 fully saturated rings. The third-order valence-electron chi connectivity index (χ3n) is 9.04. The van der Waals surface area contributed by atoms with Crippen LogP contribution < -0.4 is 0 Å². The number of rotatable bonds is 9. The van der Waals surface area contributed by atoms with Crippen molar-refractivity contribution in [3.05, 3.63) is 177 Å². The predicted molar refractivity (Wildman–Crippen MR) is 176 cm³/mol. The average molecular weight is 537 g/mol. The lowest BCUT2D eigenvalue weighted by Gasteiger charge is -2.21. The minimum absolute atomic E-state index is 0.330. The van der Waals surface area contributed by atoms with E-state index in [1.807, 2.05) is 0 Å². The molecule has 41 heavy (non-hydrogen) atoms. The predicted octanol–water partition coefficient (Wildman–Crippen LogP) is 11.1. The van der Waals surface area contributed by atoms with Crippen LogP contribution >= 0.6 is 0 Å². The second-order valence-electron chi connectivity index (χ2n) is 12.2. The first-order valence-electron chi connectivity index (χ1n) is 15.2. The van der Waals surface area contributed by atoms with Crippen LogP contribution in [-0.4, -0.2) is 0 Å².